The van der Waals surface area contributed by atoms with Gasteiger partial charge in [0.2, 0.25) is 0 Å². The van der Waals surface area contributed by atoms with E-state index in [0.29, 0.717) is 59.1 Å². The molecule has 0 radical (unpaired) electrons. The summed E-state index contributed by atoms with van der Waals surface area (Å²) in [5, 5.41) is 108. The van der Waals surface area contributed by atoms with Crippen LogP contribution in [0, 0.1) is 0 Å². The van der Waals surface area contributed by atoms with Crippen LogP contribution in [0.2, 0.25) is 0 Å². The van der Waals surface area contributed by atoms with Crippen LogP contribution in [-0.4, -0.2) is 51.1 Å². The zero-order chi connectivity index (χ0) is 35.0. The molecule has 11 aliphatic rings. The largest absolute Gasteiger partial charge is 0.508 e. The summed E-state index contributed by atoms with van der Waals surface area (Å²) < 4.78 is 0. The molecular formula is C39H38O10. The zero-order valence-electron chi connectivity index (χ0n) is 26.6. The highest BCUT2D eigenvalue weighted by Gasteiger charge is 2.19. The smallest absolute Gasteiger partial charge is 0.119 e. The van der Waals surface area contributed by atoms with Gasteiger partial charge >= 0.3 is 0 Å². The van der Waals surface area contributed by atoms with Crippen molar-refractivity contribution in [1.82, 2.24) is 0 Å². The first-order valence-corrected chi connectivity index (χ1v) is 16.0. The molecule has 49 heavy (non-hydrogen) atoms. The normalized spacial score (nSPS) is 13.8. The van der Waals surface area contributed by atoms with E-state index in [1.807, 2.05) is 0 Å². The van der Waals surface area contributed by atoms with E-state index in [1.54, 1.807) is 0 Å². The fourth-order valence-electron chi connectivity index (χ4n) is 6.48. The third kappa shape index (κ3) is 7.03. The highest BCUT2D eigenvalue weighted by atomic mass is 16.3. The number of rotatable bonds is 0. The van der Waals surface area contributed by atoms with Crippen LogP contribution in [0.15, 0.2) is 60.7 Å². The summed E-state index contributed by atoms with van der Waals surface area (Å²) in [5.41, 5.74) is 3.42. The molecule has 10 heteroatoms. The van der Waals surface area contributed by atoms with Crippen LogP contribution in [0.1, 0.15) is 74.9 Å². The summed E-state index contributed by atoms with van der Waals surface area (Å²) in [5.74, 6) is -1.30. The standard InChI is InChI=1S/C39H38O10/c40-30-12-22-6-24-14-36(46)26(16-34(24)44)8-28-18-39(49)29(19-38(28)48)9-27-17-35(45)25(15-37(27)47)7-23-13-31(41)21(11-33(23)43)5-3-1-2-4-20(30)10-32(22)42/h10-19,40-49H,1-9H2. The monoisotopic (exact) mass is 666 g/mol. The lowest BCUT2D eigenvalue weighted by atomic mass is 9.94. The van der Waals surface area contributed by atoms with E-state index in [4.69, 9.17) is 0 Å². The molecular weight excluding hydrogens is 628 g/mol. The van der Waals surface area contributed by atoms with Crippen LogP contribution in [0.5, 0.6) is 57.5 Å². The van der Waals surface area contributed by atoms with Gasteiger partial charge < -0.3 is 51.1 Å². The van der Waals surface area contributed by atoms with E-state index in [2.05, 4.69) is 0 Å². The molecule has 0 fully saturated rings. The van der Waals surface area contributed by atoms with Gasteiger partial charge in [0.05, 0.1) is 0 Å². The lowest BCUT2D eigenvalue weighted by molar-refractivity contribution is 0.440. The maximum Gasteiger partial charge on any atom is 0.119 e. The maximum absolute atomic E-state index is 10.8. The predicted octanol–water partition coefficient (Wildman–Crippen LogP) is 6.37. The molecule has 5 aromatic carbocycles. The van der Waals surface area contributed by atoms with Gasteiger partial charge in [-0.25, -0.2) is 0 Å². The summed E-state index contributed by atoms with van der Waals surface area (Å²) in [6.45, 7) is 0. The fraction of sp³-hybridized carbons (Fsp3) is 0.231. The molecule has 10 bridgehead atoms. The molecule has 0 aromatic heterocycles. The lowest BCUT2D eigenvalue weighted by Gasteiger charge is -2.15. The van der Waals surface area contributed by atoms with E-state index in [9.17, 15) is 51.1 Å². The SMILES string of the molecule is Oc1cc2c(O)cc1CCCCCc1cc(O)c(cc1O)Cc1cc(O)c(cc1O)Cc1cc(O)c(cc1O)Cc1cc(O)c(cc1O)C2. The van der Waals surface area contributed by atoms with E-state index in [-0.39, 0.29) is 105 Å². The Bertz CT molecular complexity index is 1920. The molecule has 0 spiro atoms. The lowest BCUT2D eigenvalue weighted by Crippen LogP contribution is -1.97. The van der Waals surface area contributed by atoms with Crippen molar-refractivity contribution in [2.75, 3.05) is 0 Å². The molecule has 0 aliphatic heterocycles. The molecule has 5 aromatic rings. The second-order valence-electron chi connectivity index (χ2n) is 12.8. The van der Waals surface area contributed by atoms with Gasteiger partial charge in [0, 0.05) is 70.2 Å². The summed E-state index contributed by atoms with van der Waals surface area (Å²) in [6, 6.07) is 13.9. The van der Waals surface area contributed by atoms with Crippen LogP contribution >= 0.6 is 0 Å². The summed E-state index contributed by atoms with van der Waals surface area (Å²) >= 11 is 0. The van der Waals surface area contributed by atoms with Crippen molar-refractivity contribution < 1.29 is 51.1 Å². The number of aryl methyl sites for hydroxylation is 2. The summed E-state index contributed by atoms with van der Waals surface area (Å²) in [4.78, 5) is 0. The van der Waals surface area contributed by atoms with Gasteiger partial charge in [-0.2, -0.15) is 0 Å². The van der Waals surface area contributed by atoms with Gasteiger partial charge in [0.25, 0.3) is 0 Å². The third-order valence-electron chi connectivity index (χ3n) is 9.32. The Morgan fingerprint density at radius 1 is 0.224 bits per heavy atom. The van der Waals surface area contributed by atoms with Gasteiger partial charge in [0.1, 0.15) is 57.5 Å². The van der Waals surface area contributed by atoms with Crippen LogP contribution in [0.25, 0.3) is 0 Å². The molecule has 0 saturated heterocycles. The Kier molecular flexibility index (Phi) is 8.97. The minimum atomic E-state index is -0.209. The van der Waals surface area contributed by atoms with Crippen LogP contribution < -0.4 is 0 Å². The second kappa shape index (κ2) is 13.3. The molecule has 10 N–H and O–H groups in total. The van der Waals surface area contributed by atoms with Gasteiger partial charge in [-0.15, -0.1) is 0 Å². The molecule has 0 amide bonds. The first kappa shape index (κ1) is 33.0. The Morgan fingerprint density at radius 3 is 0.592 bits per heavy atom. The fourth-order valence-corrected chi connectivity index (χ4v) is 6.48. The van der Waals surface area contributed by atoms with Crippen LogP contribution in [0.3, 0.4) is 0 Å². The molecule has 254 valence electrons. The average molecular weight is 667 g/mol. The highest BCUT2D eigenvalue weighted by Crippen LogP contribution is 2.39. The number of aromatic hydroxyl groups is 10. The van der Waals surface area contributed by atoms with Gasteiger partial charge in [-0.1, -0.05) is 6.42 Å². The van der Waals surface area contributed by atoms with Crippen molar-refractivity contribution in [2.24, 2.45) is 0 Å². The van der Waals surface area contributed by atoms with Crippen molar-refractivity contribution in [3.05, 3.63) is 116 Å². The maximum atomic E-state index is 10.8. The average Bonchev–Trinajstić information content (AvgIpc) is 3.04. The topological polar surface area (TPSA) is 202 Å². The van der Waals surface area contributed by atoms with Gasteiger partial charge in [-0.3, -0.25) is 0 Å². The summed E-state index contributed by atoms with van der Waals surface area (Å²) in [7, 11) is 0. The van der Waals surface area contributed by atoms with E-state index >= 15 is 0 Å². The predicted molar refractivity (Wildman–Crippen MR) is 181 cm³/mol. The Hall–Kier alpha value is -5.90. The molecule has 0 atom stereocenters. The Morgan fingerprint density at radius 2 is 0.388 bits per heavy atom. The number of fused-ring (bicyclic) bond motifs is 1. The molecule has 0 saturated carbocycles. The van der Waals surface area contributed by atoms with Crippen molar-refractivity contribution in [3.63, 3.8) is 0 Å². The molecule has 11 aliphatic carbocycles. The molecule has 0 unspecified atom stereocenters. The van der Waals surface area contributed by atoms with Crippen LogP contribution in [-0.2, 0) is 38.5 Å². The number of phenolic OH excluding ortho intramolecular Hbond substituents is 10. The summed E-state index contributed by atoms with van der Waals surface area (Å²) in [6.07, 6.45) is 2.99. The molecule has 16 rings (SSSR count). The van der Waals surface area contributed by atoms with Crippen molar-refractivity contribution >= 4 is 0 Å². The highest BCUT2D eigenvalue weighted by molar-refractivity contribution is 5.56. The number of hydrogen-bond acceptors (Lipinski definition) is 10. The van der Waals surface area contributed by atoms with Gasteiger partial charge in [-0.05, 0) is 97.5 Å². The van der Waals surface area contributed by atoms with Crippen molar-refractivity contribution in [3.8, 4) is 57.5 Å². The van der Waals surface area contributed by atoms with E-state index < -0.39 is 0 Å². The number of phenols is 10. The second-order valence-corrected chi connectivity index (χ2v) is 12.8. The quantitative estimate of drug-likeness (QED) is 0.0827. The Balaban J connectivity index is 1.36. The first-order chi connectivity index (χ1) is 23.4. The Labute approximate surface area is 282 Å². The van der Waals surface area contributed by atoms with Crippen molar-refractivity contribution in [2.45, 2.75) is 57.8 Å². The van der Waals surface area contributed by atoms with Gasteiger partial charge in [0.15, 0.2) is 0 Å². The molecule has 10 nitrogen and oxygen atoms in total. The molecule has 0 heterocycles. The first-order valence-electron chi connectivity index (χ1n) is 16.0. The zero-order valence-corrected chi connectivity index (χ0v) is 26.6. The number of hydrogen-bond donors (Lipinski definition) is 10. The van der Waals surface area contributed by atoms with Crippen molar-refractivity contribution in [1.29, 1.82) is 0 Å². The van der Waals surface area contributed by atoms with Crippen LogP contribution in [0.4, 0.5) is 0 Å². The number of benzene rings is 5. The van der Waals surface area contributed by atoms with E-state index in [0.717, 1.165) is 6.42 Å². The third-order valence-corrected chi connectivity index (χ3v) is 9.32. The minimum Gasteiger partial charge on any atom is -0.508 e. The minimum absolute atomic E-state index is 0.0112. The van der Waals surface area contributed by atoms with E-state index in [1.165, 1.54) is 60.7 Å².